The third-order valence-electron chi connectivity index (χ3n) is 1.37. The molecule has 0 aliphatic heterocycles. The molecule has 11 heavy (non-hydrogen) atoms. The highest BCUT2D eigenvalue weighted by Crippen LogP contribution is 2.22. The molecule has 0 radical (unpaired) electrons. The molecular weight excluding hydrogens is 158 g/mol. The minimum Gasteiger partial charge on any atom is -0.508 e. The lowest BCUT2D eigenvalue weighted by molar-refractivity contribution is 0.471. The number of thiocarbonyl (C=S) groups is 1. The summed E-state index contributed by atoms with van der Waals surface area (Å²) in [4.78, 5) is 3.71. The second-order valence-electron chi connectivity index (χ2n) is 2.17. The van der Waals surface area contributed by atoms with Crippen LogP contribution in [0.4, 0.5) is 5.69 Å². The number of hydrogen-bond donors (Lipinski definition) is 1. The average Bonchev–Trinajstić information content (AvgIpc) is 1.98. The van der Waals surface area contributed by atoms with Gasteiger partial charge in [-0.15, -0.1) is 0 Å². The summed E-state index contributed by atoms with van der Waals surface area (Å²) in [5.41, 5.74) is 1.46. The van der Waals surface area contributed by atoms with Gasteiger partial charge in [0.2, 0.25) is 0 Å². The number of aryl methyl sites for hydroxylation is 1. The Hall–Kier alpha value is -1.18. The van der Waals surface area contributed by atoms with Crippen molar-refractivity contribution in [3.05, 3.63) is 23.8 Å². The Morgan fingerprint density at radius 2 is 2.27 bits per heavy atom. The Morgan fingerprint density at radius 3 is 2.82 bits per heavy atom. The zero-order valence-corrected chi connectivity index (χ0v) is 6.85. The van der Waals surface area contributed by atoms with E-state index >= 15 is 0 Å². The van der Waals surface area contributed by atoms with Gasteiger partial charge in [0.05, 0.1) is 10.8 Å². The van der Waals surface area contributed by atoms with Gasteiger partial charge in [-0.1, -0.05) is 6.07 Å². The number of isothiocyanates is 1. The molecule has 0 spiro atoms. The lowest BCUT2D eigenvalue weighted by Crippen LogP contribution is -1.72. The van der Waals surface area contributed by atoms with E-state index in [9.17, 15) is 5.11 Å². The Kier molecular flexibility index (Phi) is 2.36. The number of aromatic hydroxyl groups is 1. The molecule has 0 saturated heterocycles. The van der Waals surface area contributed by atoms with Gasteiger partial charge in [0, 0.05) is 6.07 Å². The van der Waals surface area contributed by atoms with Gasteiger partial charge in [-0.05, 0) is 30.8 Å². The molecule has 0 saturated carbocycles. The Balaban J connectivity index is 3.14. The molecule has 0 unspecified atom stereocenters. The quantitative estimate of drug-likeness (QED) is 0.512. The van der Waals surface area contributed by atoms with Gasteiger partial charge < -0.3 is 5.11 Å². The summed E-state index contributed by atoms with van der Waals surface area (Å²) in [6.45, 7) is 1.82. The molecule has 0 aliphatic carbocycles. The van der Waals surface area contributed by atoms with Crippen LogP contribution < -0.4 is 0 Å². The van der Waals surface area contributed by atoms with Crippen LogP contribution in [0.25, 0.3) is 0 Å². The highest BCUT2D eigenvalue weighted by Gasteiger charge is 1.94. The van der Waals surface area contributed by atoms with Crippen LogP contribution >= 0.6 is 12.2 Å². The molecule has 0 aromatic heterocycles. The van der Waals surface area contributed by atoms with Crippen molar-refractivity contribution >= 4 is 23.1 Å². The molecule has 0 heterocycles. The van der Waals surface area contributed by atoms with Crippen molar-refractivity contribution in [1.29, 1.82) is 0 Å². The summed E-state index contributed by atoms with van der Waals surface area (Å²) >= 11 is 4.41. The summed E-state index contributed by atoms with van der Waals surface area (Å²) in [6, 6.07) is 5.10. The number of aliphatic imine (C=N–C) groups is 1. The minimum absolute atomic E-state index is 0.233. The van der Waals surface area contributed by atoms with Gasteiger partial charge in [0.15, 0.2) is 0 Å². The van der Waals surface area contributed by atoms with E-state index in [1.807, 2.05) is 6.92 Å². The summed E-state index contributed by atoms with van der Waals surface area (Å²) in [6.07, 6.45) is 0. The molecule has 0 amide bonds. The molecule has 3 heteroatoms. The van der Waals surface area contributed by atoms with E-state index in [0.717, 1.165) is 5.56 Å². The zero-order chi connectivity index (χ0) is 8.27. The number of rotatable bonds is 1. The Bertz CT molecular complexity index is 316. The number of benzene rings is 1. The van der Waals surface area contributed by atoms with Gasteiger partial charge in [-0.3, -0.25) is 0 Å². The minimum atomic E-state index is 0.233. The van der Waals surface area contributed by atoms with Gasteiger partial charge in [0.25, 0.3) is 0 Å². The molecule has 1 rings (SSSR count). The normalized spacial score (nSPS) is 8.82. The third kappa shape index (κ3) is 1.87. The average molecular weight is 165 g/mol. The molecule has 2 nitrogen and oxygen atoms in total. The predicted octanol–water partition coefficient (Wildman–Crippen LogP) is 2.43. The van der Waals surface area contributed by atoms with Crippen molar-refractivity contribution in [3.63, 3.8) is 0 Å². The van der Waals surface area contributed by atoms with Crippen LogP contribution in [0.5, 0.6) is 5.75 Å². The van der Waals surface area contributed by atoms with Crippen LogP contribution in [0.3, 0.4) is 0 Å². The number of nitrogens with zero attached hydrogens (tertiary/aromatic N) is 1. The molecule has 1 aromatic rings. The second kappa shape index (κ2) is 3.28. The topological polar surface area (TPSA) is 32.6 Å². The summed E-state index contributed by atoms with van der Waals surface area (Å²) in [7, 11) is 0. The number of hydrogen-bond acceptors (Lipinski definition) is 3. The van der Waals surface area contributed by atoms with Crippen LogP contribution in [-0.4, -0.2) is 10.3 Å². The first-order valence-corrected chi connectivity index (χ1v) is 3.52. The molecule has 0 fully saturated rings. The van der Waals surface area contributed by atoms with Crippen LogP contribution in [-0.2, 0) is 0 Å². The third-order valence-corrected chi connectivity index (χ3v) is 1.46. The van der Waals surface area contributed by atoms with Gasteiger partial charge in [-0.25, -0.2) is 0 Å². The van der Waals surface area contributed by atoms with Crippen molar-refractivity contribution in [2.24, 2.45) is 4.99 Å². The van der Waals surface area contributed by atoms with Crippen molar-refractivity contribution in [3.8, 4) is 5.75 Å². The van der Waals surface area contributed by atoms with E-state index < -0.39 is 0 Å². The first-order chi connectivity index (χ1) is 5.24. The number of phenols is 1. The van der Waals surface area contributed by atoms with Crippen molar-refractivity contribution in [2.75, 3.05) is 0 Å². The smallest absolute Gasteiger partial charge is 0.120 e. The summed E-state index contributed by atoms with van der Waals surface area (Å²) in [5.74, 6) is 0.233. The van der Waals surface area contributed by atoms with E-state index in [-0.39, 0.29) is 5.75 Å². The summed E-state index contributed by atoms with van der Waals surface area (Å²) < 4.78 is 0. The largest absolute Gasteiger partial charge is 0.508 e. The number of phenolic OH excluding ortho intramolecular Hbond substituents is 1. The fourth-order valence-electron chi connectivity index (χ4n) is 0.720. The molecule has 56 valence electrons. The first kappa shape index (κ1) is 7.92. The fourth-order valence-corrected chi connectivity index (χ4v) is 0.825. The SMILES string of the molecule is Cc1ccc(N=C=S)cc1O. The van der Waals surface area contributed by atoms with Crippen LogP contribution in [0, 0.1) is 6.92 Å². The van der Waals surface area contributed by atoms with E-state index in [1.54, 1.807) is 18.2 Å². The molecule has 1 aromatic carbocycles. The maximum absolute atomic E-state index is 9.20. The fraction of sp³-hybridized carbons (Fsp3) is 0.125. The van der Waals surface area contributed by atoms with Crippen LogP contribution in [0.15, 0.2) is 23.2 Å². The van der Waals surface area contributed by atoms with Crippen LogP contribution in [0.2, 0.25) is 0 Å². The van der Waals surface area contributed by atoms with Gasteiger partial charge in [-0.2, -0.15) is 4.99 Å². The van der Waals surface area contributed by atoms with Gasteiger partial charge in [0.1, 0.15) is 5.75 Å². The molecule has 0 atom stereocenters. The molecule has 0 bridgehead atoms. The maximum Gasteiger partial charge on any atom is 0.120 e. The zero-order valence-electron chi connectivity index (χ0n) is 6.03. The van der Waals surface area contributed by atoms with Crippen molar-refractivity contribution in [1.82, 2.24) is 0 Å². The van der Waals surface area contributed by atoms with Crippen molar-refractivity contribution in [2.45, 2.75) is 6.92 Å². The van der Waals surface area contributed by atoms with Gasteiger partial charge >= 0.3 is 0 Å². The highest BCUT2D eigenvalue weighted by molar-refractivity contribution is 7.78. The maximum atomic E-state index is 9.20. The monoisotopic (exact) mass is 165 g/mol. The van der Waals surface area contributed by atoms with E-state index in [1.165, 1.54) is 0 Å². The lowest BCUT2D eigenvalue weighted by Gasteiger charge is -1.96. The van der Waals surface area contributed by atoms with Crippen LogP contribution in [0.1, 0.15) is 5.56 Å². The molecular formula is C8H7NOS. The van der Waals surface area contributed by atoms with Crippen molar-refractivity contribution < 1.29 is 5.11 Å². The molecule has 1 N–H and O–H groups in total. The summed E-state index contributed by atoms with van der Waals surface area (Å²) in [5, 5.41) is 11.4. The Morgan fingerprint density at radius 1 is 1.55 bits per heavy atom. The first-order valence-electron chi connectivity index (χ1n) is 3.11. The van der Waals surface area contributed by atoms with E-state index in [4.69, 9.17) is 0 Å². The predicted molar refractivity (Wildman–Crippen MR) is 47.5 cm³/mol. The second-order valence-corrected chi connectivity index (χ2v) is 2.36. The molecule has 0 aliphatic rings. The standard InChI is InChI=1S/C8H7NOS/c1-6-2-3-7(9-5-11)4-8(6)10/h2-4,10H,1H3. The Labute approximate surface area is 70.2 Å². The van der Waals surface area contributed by atoms with E-state index in [0.29, 0.717) is 5.69 Å². The highest BCUT2D eigenvalue weighted by atomic mass is 32.1. The van der Waals surface area contributed by atoms with E-state index in [2.05, 4.69) is 22.4 Å². The lowest BCUT2D eigenvalue weighted by atomic mass is 10.2.